The van der Waals surface area contributed by atoms with Gasteiger partial charge in [-0.3, -0.25) is 4.79 Å². The van der Waals surface area contributed by atoms with Crippen molar-refractivity contribution in [1.82, 2.24) is 5.32 Å². The number of aryl methyl sites for hydroxylation is 2. The number of nitrogens with one attached hydrogen (secondary N) is 1. The second-order valence-electron chi connectivity index (χ2n) is 6.55. The fourth-order valence-electron chi connectivity index (χ4n) is 3.33. The van der Waals surface area contributed by atoms with Crippen LogP contribution >= 0.6 is 0 Å². The molecular formula is C16H21NO3S. The first-order chi connectivity index (χ1) is 9.87. The smallest absolute Gasteiger partial charge is 0.251 e. The number of sulfone groups is 1. The minimum absolute atomic E-state index is 0.0384. The maximum atomic E-state index is 12.4. The molecule has 1 N–H and O–H groups in total. The molecule has 0 radical (unpaired) electrons. The molecule has 0 bridgehead atoms. The molecule has 1 aliphatic heterocycles. The number of rotatable bonds is 2. The molecule has 1 atom stereocenters. The molecule has 21 heavy (non-hydrogen) atoms. The number of benzene rings is 1. The maximum Gasteiger partial charge on any atom is 0.251 e. The van der Waals surface area contributed by atoms with Crippen molar-refractivity contribution in [1.29, 1.82) is 0 Å². The van der Waals surface area contributed by atoms with Gasteiger partial charge in [0.1, 0.15) is 0 Å². The average Bonchev–Trinajstić information content (AvgIpc) is 2.71. The van der Waals surface area contributed by atoms with Crippen molar-refractivity contribution in [2.45, 2.75) is 44.6 Å². The Balaban J connectivity index is 1.77. The third-order valence-electron chi connectivity index (χ3n) is 4.53. The fourth-order valence-corrected chi connectivity index (χ4v) is 5.42. The summed E-state index contributed by atoms with van der Waals surface area (Å²) in [6.07, 6.45) is 5.00. The van der Waals surface area contributed by atoms with Gasteiger partial charge in [-0.25, -0.2) is 8.42 Å². The number of hydrogen-bond acceptors (Lipinski definition) is 3. The van der Waals surface area contributed by atoms with E-state index in [-0.39, 0.29) is 17.4 Å². The summed E-state index contributed by atoms with van der Waals surface area (Å²) in [7, 11) is -3.01. The summed E-state index contributed by atoms with van der Waals surface area (Å²) in [5, 5.41) is 2.92. The maximum absolute atomic E-state index is 12.4. The van der Waals surface area contributed by atoms with Crippen LogP contribution in [0.1, 0.15) is 47.7 Å². The van der Waals surface area contributed by atoms with Gasteiger partial charge in [0.05, 0.1) is 17.0 Å². The van der Waals surface area contributed by atoms with Crippen molar-refractivity contribution in [3.8, 4) is 0 Å². The van der Waals surface area contributed by atoms with E-state index < -0.39 is 15.4 Å². The topological polar surface area (TPSA) is 63.2 Å². The third-order valence-corrected chi connectivity index (χ3v) is 6.43. The van der Waals surface area contributed by atoms with Crippen LogP contribution in [0.2, 0.25) is 0 Å². The Bertz CT molecular complexity index is 681. The molecule has 1 aromatic carbocycles. The predicted octanol–water partition coefficient (Wildman–Crippen LogP) is 1.87. The highest BCUT2D eigenvalue weighted by molar-refractivity contribution is 7.91. The second kappa shape index (κ2) is 5.13. The molecule has 3 rings (SSSR count). The van der Waals surface area contributed by atoms with E-state index in [0.717, 1.165) is 12.8 Å². The highest BCUT2D eigenvalue weighted by Crippen LogP contribution is 2.25. The summed E-state index contributed by atoms with van der Waals surface area (Å²) >= 11 is 0. The summed E-state index contributed by atoms with van der Waals surface area (Å²) in [6.45, 7) is 1.81. The van der Waals surface area contributed by atoms with Crippen LogP contribution in [0.3, 0.4) is 0 Å². The molecule has 1 fully saturated rings. The van der Waals surface area contributed by atoms with Crippen LogP contribution in [0.5, 0.6) is 0 Å². The van der Waals surface area contributed by atoms with E-state index in [4.69, 9.17) is 0 Å². The molecule has 0 spiro atoms. The van der Waals surface area contributed by atoms with Gasteiger partial charge < -0.3 is 5.32 Å². The summed E-state index contributed by atoms with van der Waals surface area (Å²) in [5.41, 5.74) is 2.61. The standard InChI is InChI=1S/C16H21NO3S/c1-16(8-9-21(19,20)11-16)17-15(18)14-7-6-12-4-2-3-5-13(12)10-14/h6-7,10H,2-5,8-9,11H2,1H3,(H,17,18)/t16-/m0/s1. The predicted molar refractivity (Wildman–Crippen MR) is 82.2 cm³/mol. The van der Waals surface area contributed by atoms with E-state index in [0.29, 0.717) is 12.0 Å². The summed E-state index contributed by atoms with van der Waals surface area (Å²) < 4.78 is 23.2. The minimum atomic E-state index is -3.01. The van der Waals surface area contributed by atoms with E-state index in [2.05, 4.69) is 5.32 Å². The van der Waals surface area contributed by atoms with Crippen molar-refractivity contribution >= 4 is 15.7 Å². The Morgan fingerprint density at radius 3 is 2.57 bits per heavy atom. The van der Waals surface area contributed by atoms with Crippen molar-refractivity contribution in [2.75, 3.05) is 11.5 Å². The Morgan fingerprint density at radius 1 is 1.19 bits per heavy atom. The molecule has 1 heterocycles. The van der Waals surface area contributed by atoms with Gasteiger partial charge in [-0.05, 0) is 62.3 Å². The Kier molecular flexibility index (Phi) is 3.56. The van der Waals surface area contributed by atoms with Gasteiger partial charge >= 0.3 is 0 Å². The van der Waals surface area contributed by atoms with Gasteiger partial charge in [-0.2, -0.15) is 0 Å². The van der Waals surface area contributed by atoms with Crippen LogP contribution in [0.4, 0.5) is 0 Å². The summed E-state index contributed by atoms with van der Waals surface area (Å²) in [4.78, 5) is 12.4. The van der Waals surface area contributed by atoms with Gasteiger partial charge in [0.2, 0.25) is 0 Å². The average molecular weight is 307 g/mol. The zero-order valence-electron chi connectivity index (χ0n) is 12.3. The number of fused-ring (bicyclic) bond motifs is 1. The number of carbonyl (C=O) groups is 1. The van der Waals surface area contributed by atoms with Crippen LogP contribution in [0.25, 0.3) is 0 Å². The van der Waals surface area contributed by atoms with Gasteiger partial charge in [-0.15, -0.1) is 0 Å². The lowest BCUT2D eigenvalue weighted by Crippen LogP contribution is -2.46. The van der Waals surface area contributed by atoms with Crippen molar-refractivity contribution in [2.24, 2.45) is 0 Å². The molecule has 114 valence electrons. The lowest BCUT2D eigenvalue weighted by molar-refractivity contribution is 0.0915. The first-order valence-corrected chi connectivity index (χ1v) is 9.34. The van der Waals surface area contributed by atoms with Gasteiger partial charge in [0, 0.05) is 5.56 Å². The monoisotopic (exact) mass is 307 g/mol. The molecule has 1 aromatic rings. The minimum Gasteiger partial charge on any atom is -0.346 e. The lowest BCUT2D eigenvalue weighted by atomic mass is 9.90. The van der Waals surface area contributed by atoms with Gasteiger partial charge in [0.15, 0.2) is 9.84 Å². The molecule has 4 nitrogen and oxygen atoms in total. The Hall–Kier alpha value is -1.36. The Labute approximate surface area is 125 Å². The molecule has 2 aliphatic rings. The highest BCUT2D eigenvalue weighted by atomic mass is 32.2. The van der Waals surface area contributed by atoms with E-state index >= 15 is 0 Å². The fraction of sp³-hybridized carbons (Fsp3) is 0.562. The molecule has 0 unspecified atom stereocenters. The van der Waals surface area contributed by atoms with Crippen LogP contribution < -0.4 is 5.32 Å². The largest absolute Gasteiger partial charge is 0.346 e. The van der Waals surface area contributed by atoms with Crippen molar-refractivity contribution in [3.63, 3.8) is 0 Å². The summed E-state index contributed by atoms with van der Waals surface area (Å²) in [6, 6.07) is 5.86. The van der Waals surface area contributed by atoms with Crippen LogP contribution in [0, 0.1) is 0 Å². The van der Waals surface area contributed by atoms with Crippen molar-refractivity contribution in [3.05, 3.63) is 34.9 Å². The highest BCUT2D eigenvalue weighted by Gasteiger charge is 2.39. The Morgan fingerprint density at radius 2 is 1.90 bits per heavy atom. The SMILES string of the molecule is C[C@]1(NC(=O)c2ccc3c(c2)CCCC3)CCS(=O)(=O)C1. The van der Waals surface area contributed by atoms with Crippen LogP contribution in [-0.2, 0) is 22.7 Å². The molecule has 5 heteroatoms. The number of carbonyl (C=O) groups excluding carboxylic acids is 1. The van der Waals surface area contributed by atoms with E-state index in [9.17, 15) is 13.2 Å². The molecule has 1 saturated heterocycles. The summed E-state index contributed by atoms with van der Waals surface area (Å²) in [5.74, 6) is 0.0351. The third kappa shape index (κ3) is 3.12. The molecule has 0 saturated carbocycles. The van der Waals surface area contributed by atoms with E-state index in [1.807, 2.05) is 25.1 Å². The second-order valence-corrected chi connectivity index (χ2v) is 8.73. The zero-order chi connectivity index (χ0) is 15.1. The zero-order valence-corrected chi connectivity index (χ0v) is 13.1. The normalized spacial score (nSPS) is 27.1. The van der Waals surface area contributed by atoms with Crippen LogP contribution in [-0.4, -0.2) is 31.4 Å². The molecule has 1 amide bonds. The first-order valence-electron chi connectivity index (χ1n) is 7.52. The first kappa shape index (κ1) is 14.6. The quantitative estimate of drug-likeness (QED) is 0.907. The van der Waals surface area contributed by atoms with Crippen molar-refractivity contribution < 1.29 is 13.2 Å². The molecular weight excluding hydrogens is 286 g/mol. The van der Waals surface area contributed by atoms with Gasteiger partial charge in [-0.1, -0.05) is 6.07 Å². The van der Waals surface area contributed by atoms with Crippen LogP contribution in [0.15, 0.2) is 18.2 Å². The number of amides is 1. The molecule has 1 aliphatic carbocycles. The van der Waals surface area contributed by atoms with E-state index in [1.54, 1.807) is 0 Å². The lowest BCUT2D eigenvalue weighted by Gasteiger charge is -2.24. The van der Waals surface area contributed by atoms with E-state index in [1.165, 1.54) is 24.0 Å². The molecule has 0 aromatic heterocycles. The number of hydrogen-bond donors (Lipinski definition) is 1. The van der Waals surface area contributed by atoms with Gasteiger partial charge in [0.25, 0.3) is 5.91 Å².